The quantitative estimate of drug-likeness (QED) is 0.520. The summed E-state index contributed by atoms with van der Waals surface area (Å²) in [6, 6.07) is 0.650. The Balaban J connectivity index is 1.75. The molecule has 2 fully saturated rings. The molecule has 2 heterocycles. The molecule has 0 bridgehead atoms. The van der Waals surface area contributed by atoms with Crippen molar-refractivity contribution in [2.75, 3.05) is 26.2 Å². The summed E-state index contributed by atoms with van der Waals surface area (Å²) in [6.07, 6.45) is -0.536. The van der Waals surface area contributed by atoms with Gasteiger partial charge in [-0.2, -0.15) is 0 Å². The monoisotopic (exact) mass is 130 g/mol. The highest BCUT2D eigenvalue weighted by Crippen LogP contribution is 2.16. The summed E-state index contributed by atoms with van der Waals surface area (Å²) in [6.45, 7) is 3.47. The molecule has 9 heavy (non-hydrogen) atoms. The van der Waals surface area contributed by atoms with E-state index < -0.39 is 6.17 Å². The summed E-state index contributed by atoms with van der Waals surface area (Å²) in [7, 11) is 0. The van der Waals surface area contributed by atoms with Crippen LogP contribution in [0.3, 0.4) is 0 Å². The summed E-state index contributed by atoms with van der Waals surface area (Å²) in [5.74, 6) is 0. The third-order valence-electron chi connectivity index (χ3n) is 2.14. The molecule has 2 aliphatic heterocycles. The van der Waals surface area contributed by atoms with Gasteiger partial charge in [0.05, 0.1) is 0 Å². The molecular weight excluding hydrogens is 119 g/mol. The lowest BCUT2D eigenvalue weighted by atomic mass is 10.0. The second-order valence-corrected chi connectivity index (χ2v) is 2.86. The maximum absolute atomic E-state index is 12.2. The summed E-state index contributed by atoms with van der Waals surface area (Å²) in [5, 5.41) is 3.16. The van der Waals surface area contributed by atoms with Crippen LogP contribution in [0.25, 0.3) is 0 Å². The van der Waals surface area contributed by atoms with Crippen molar-refractivity contribution in [3.63, 3.8) is 0 Å². The molecule has 2 nitrogen and oxygen atoms in total. The Hall–Kier alpha value is -0.150. The van der Waals surface area contributed by atoms with E-state index in [0.29, 0.717) is 19.1 Å². The molecule has 0 amide bonds. The fourth-order valence-corrected chi connectivity index (χ4v) is 1.29. The molecule has 0 unspecified atom stereocenters. The van der Waals surface area contributed by atoms with Crippen LogP contribution in [-0.2, 0) is 0 Å². The highest BCUT2D eigenvalue weighted by atomic mass is 19.1. The van der Waals surface area contributed by atoms with Crippen molar-refractivity contribution in [2.45, 2.75) is 12.2 Å². The van der Waals surface area contributed by atoms with Crippen molar-refractivity contribution in [1.82, 2.24) is 10.2 Å². The van der Waals surface area contributed by atoms with Gasteiger partial charge in [0.2, 0.25) is 0 Å². The van der Waals surface area contributed by atoms with Crippen LogP contribution in [0.15, 0.2) is 0 Å². The number of alkyl halides is 1. The van der Waals surface area contributed by atoms with Gasteiger partial charge in [-0.15, -0.1) is 0 Å². The van der Waals surface area contributed by atoms with Crippen molar-refractivity contribution >= 4 is 0 Å². The molecule has 0 aliphatic carbocycles. The molecule has 1 N–H and O–H groups in total. The summed E-state index contributed by atoms with van der Waals surface area (Å²) >= 11 is 0. The predicted molar refractivity (Wildman–Crippen MR) is 33.1 cm³/mol. The van der Waals surface area contributed by atoms with Gasteiger partial charge in [-0.05, 0) is 0 Å². The molecule has 2 aliphatic rings. The van der Waals surface area contributed by atoms with E-state index in [0.717, 1.165) is 13.1 Å². The Morgan fingerprint density at radius 3 is 2.33 bits per heavy atom. The minimum atomic E-state index is -0.536. The first-order chi connectivity index (χ1) is 4.36. The largest absolute Gasteiger partial charge is 0.314 e. The van der Waals surface area contributed by atoms with Crippen molar-refractivity contribution in [1.29, 1.82) is 0 Å². The summed E-state index contributed by atoms with van der Waals surface area (Å²) < 4.78 is 12.2. The van der Waals surface area contributed by atoms with Crippen LogP contribution in [-0.4, -0.2) is 43.3 Å². The van der Waals surface area contributed by atoms with Crippen LogP contribution in [0.2, 0.25) is 0 Å². The second-order valence-electron chi connectivity index (χ2n) is 2.86. The van der Waals surface area contributed by atoms with E-state index in [1.807, 2.05) is 0 Å². The number of hydrogen-bond donors (Lipinski definition) is 1. The number of nitrogens with zero attached hydrogens (tertiary/aromatic N) is 1. The second kappa shape index (κ2) is 1.92. The zero-order valence-corrected chi connectivity index (χ0v) is 5.31. The molecule has 0 radical (unpaired) electrons. The molecular formula is C6H11FN2. The fourth-order valence-electron chi connectivity index (χ4n) is 1.29. The maximum Gasteiger partial charge on any atom is 0.125 e. The van der Waals surface area contributed by atoms with Crippen LogP contribution in [0.1, 0.15) is 0 Å². The van der Waals surface area contributed by atoms with Crippen molar-refractivity contribution in [2.24, 2.45) is 0 Å². The lowest BCUT2D eigenvalue weighted by molar-refractivity contribution is 0.00864. The molecule has 52 valence electrons. The van der Waals surface area contributed by atoms with Crippen molar-refractivity contribution in [3.8, 4) is 0 Å². The van der Waals surface area contributed by atoms with E-state index in [1.54, 1.807) is 0 Å². The van der Waals surface area contributed by atoms with E-state index in [9.17, 15) is 4.39 Å². The van der Waals surface area contributed by atoms with E-state index in [4.69, 9.17) is 0 Å². The molecule has 0 aromatic carbocycles. The van der Waals surface area contributed by atoms with E-state index >= 15 is 0 Å². The van der Waals surface area contributed by atoms with E-state index in [2.05, 4.69) is 10.2 Å². The molecule has 0 atom stereocenters. The number of rotatable bonds is 1. The van der Waals surface area contributed by atoms with Crippen molar-refractivity contribution < 1.29 is 4.39 Å². The molecule has 0 aromatic heterocycles. The van der Waals surface area contributed by atoms with Gasteiger partial charge in [0.25, 0.3) is 0 Å². The topological polar surface area (TPSA) is 15.3 Å². The lowest BCUT2D eigenvalue weighted by Gasteiger charge is -2.45. The van der Waals surface area contributed by atoms with E-state index in [-0.39, 0.29) is 0 Å². The van der Waals surface area contributed by atoms with Crippen LogP contribution in [0, 0.1) is 0 Å². The van der Waals surface area contributed by atoms with Crippen LogP contribution in [0.4, 0.5) is 4.39 Å². The highest BCUT2D eigenvalue weighted by Gasteiger charge is 2.34. The molecule has 2 saturated heterocycles. The normalized spacial score (nSPS) is 31.7. The van der Waals surface area contributed by atoms with Crippen LogP contribution in [0.5, 0.6) is 0 Å². The predicted octanol–water partition coefficient (Wildman–Crippen LogP) is -0.388. The Morgan fingerprint density at radius 2 is 2.00 bits per heavy atom. The Labute approximate surface area is 54.0 Å². The average molecular weight is 130 g/mol. The Bertz CT molecular complexity index is 108. The molecule has 0 saturated carbocycles. The molecule has 0 spiro atoms. The molecule has 0 aromatic rings. The number of halogens is 1. The summed E-state index contributed by atoms with van der Waals surface area (Å²) in [4.78, 5) is 2.20. The fraction of sp³-hybridized carbons (Fsp3) is 1.00. The number of nitrogens with one attached hydrogen (secondary N) is 1. The first kappa shape index (κ1) is 5.62. The zero-order valence-electron chi connectivity index (χ0n) is 5.31. The SMILES string of the molecule is FC1CN(C2CNC2)C1. The standard InChI is InChI=1S/C6H11FN2/c7-5-3-9(4-5)6-1-8-2-6/h5-6,8H,1-4H2. The van der Waals surface area contributed by atoms with Crippen molar-refractivity contribution in [3.05, 3.63) is 0 Å². The number of likely N-dealkylation sites (tertiary alicyclic amines) is 1. The van der Waals surface area contributed by atoms with Gasteiger partial charge in [0.15, 0.2) is 0 Å². The highest BCUT2D eigenvalue weighted by molar-refractivity contribution is 4.92. The van der Waals surface area contributed by atoms with Gasteiger partial charge in [-0.3, -0.25) is 4.90 Å². The average Bonchev–Trinajstić information content (AvgIpc) is 1.57. The van der Waals surface area contributed by atoms with Crippen LogP contribution < -0.4 is 5.32 Å². The lowest BCUT2D eigenvalue weighted by Crippen LogP contribution is -2.64. The minimum Gasteiger partial charge on any atom is -0.314 e. The first-order valence-electron chi connectivity index (χ1n) is 3.45. The third-order valence-corrected chi connectivity index (χ3v) is 2.14. The van der Waals surface area contributed by atoms with Gasteiger partial charge >= 0.3 is 0 Å². The van der Waals surface area contributed by atoms with Gasteiger partial charge in [-0.1, -0.05) is 0 Å². The van der Waals surface area contributed by atoms with Gasteiger partial charge in [0, 0.05) is 32.2 Å². The van der Waals surface area contributed by atoms with Crippen LogP contribution >= 0.6 is 0 Å². The first-order valence-corrected chi connectivity index (χ1v) is 3.45. The minimum absolute atomic E-state index is 0.536. The van der Waals surface area contributed by atoms with E-state index in [1.165, 1.54) is 0 Å². The molecule has 3 heteroatoms. The Morgan fingerprint density at radius 1 is 1.33 bits per heavy atom. The smallest absolute Gasteiger partial charge is 0.125 e. The maximum atomic E-state index is 12.2. The third kappa shape index (κ3) is 0.843. The van der Waals surface area contributed by atoms with Gasteiger partial charge < -0.3 is 5.32 Å². The molecule has 2 rings (SSSR count). The zero-order chi connectivity index (χ0) is 6.27. The van der Waals surface area contributed by atoms with Gasteiger partial charge in [-0.25, -0.2) is 4.39 Å². The summed E-state index contributed by atoms with van der Waals surface area (Å²) in [5.41, 5.74) is 0. The Kier molecular flexibility index (Phi) is 1.20. The number of hydrogen-bond acceptors (Lipinski definition) is 2. The van der Waals surface area contributed by atoms with Gasteiger partial charge in [0.1, 0.15) is 6.17 Å².